The number of halogens is 2. The van der Waals surface area contributed by atoms with Gasteiger partial charge >= 0.3 is 0 Å². The van der Waals surface area contributed by atoms with Gasteiger partial charge in [0, 0.05) is 6.54 Å². The predicted molar refractivity (Wildman–Crippen MR) is 73.3 cm³/mol. The fourth-order valence-electron chi connectivity index (χ4n) is 1.49. The van der Waals surface area contributed by atoms with Crippen LogP contribution >= 0.6 is 27.5 Å². The molecule has 0 aliphatic carbocycles. The fraction of sp³-hybridized carbons (Fsp3) is 0.400. The Morgan fingerprint density at radius 2 is 2.00 bits per heavy atom. The monoisotopic (exact) mass is 330 g/mol. The molecule has 2 heterocycles. The normalized spacial score (nSPS) is 10.7. The van der Waals surface area contributed by atoms with Gasteiger partial charge in [-0.25, -0.2) is 4.68 Å². The van der Waals surface area contributed by atoms with Crippen molar-refractivity contribution in [2.75, 3.05) is 11.9 Å². The van der Waals surface area contributed by atoms with E-state index in [4.69, 9.17) is 11.6 Å². The summed E-state index contributed by atoms with van der Waals surface area (Å²) in [7, 11) is 0. The van der Waals surface area contributed by atoms with Crippen LogP contribution in [0.1, 0.15) is 18.3 Å². The molecule has 0 saturated carbocycles. The third-order valence-electron chi connectivity index (χ3n) is 2.32. The highest BCUT2D eigenvalue weighted by Gasteiger charge is 2.14. The quantitative estimate of drug-likeness (QED) is 0.936. The SMILES string of the molecule is CCNc1nc(Cl)nc(-n2nc(C)c(Br)c2C)n1. The van der Waals surface area contributed by atoms with Crippen molar-refractivity contribution in [3.8, 4) is 5.95 Å². The van der Waals surface area contributed by atoms with Crippen LogP contribution in [0.5, 0.6) is 0 Å². The lowest BCUT2D eigenvalue weighted by Crippen LogP contribution is -2.10. The first-order chi connectivity index (χ1) is 8.52. The van der Waals surface area contributed by atoms with Crippen LogP contribution < -0.4 is 5.32 Å². The Morgan fingerprint density at radius 1 is 1.28 bits per heavy atom. The number of aromatic nitrogens is 5. The van der Waals surface area contributed by atoms with Crippen molar-refractivity contribution in [2.24, 2.45) is 0 Å². The number of aryl methyl sites for hydroxylation is 1. The highest BCUT2D eigenvalue weighted by molar-refractivity contribution is 9.10. The third-order valence-corrected chi connectivity index (χ3v) is 3.64. The van der Waals surface area contributed by atoms with Gasteiger partial charge in [0.1, 0.15) is 0 Å². The lowest BCUT2D eigenvalue weighted by atomic mass is 10.4. The highest BCUT2D eigenvalue weighted by Crippen LogP contribution is 2.22. The van der Waals surface area contributed by atoms with E-state index in [0.29, 0.717) is 18.4 Å². The zero-order valence-electron chi connectivity index (χ0n) is 10.2. The number of nitrogens with one attached hydrogen (secondary N) is 1. The summed E-state index contributed by atoms with van der Waals surface area (Å²) in [6.45, 7) is 6.49. The Kier molecular flexibility index (Phi) is 3.82. The molecule has 0 aliphatic rings. The van der Waals surface area contributed by atoms with E-state index in [9.17, 15) is 0 Å². The Morgan fingerprint density at radius 3 is 2.56 bits per heavy atom. The van der Waals surface area contributed by atoms with Gasteiger partial charge in [-0.05, 0) is 48.3 Å². The van der Waals surface area contributed by atoms with Gasteiger partial charge in [-0.15, -0.1) is 0 Å². The van der Waals surface area contributed by atoms with E-state index in [1.807, 2.05) is 20.8 Å². The third kappa shape index (κ3) is 2.46. The summed E-state index contributed by atoms with van der Waals surface area (Å²) in [6, 6.07) is 0. The standard InChI is InChI=1S/C10H12BrClN6/c1-4-13-9-14-8(12)15-10(16-9)18-6(3)7(11)5(2)17-18/h4H2,1-3H3,(H,13,14,15,16). The number of hydrogen-bond acceptors (Lipinski definition) is 5. The van der Waals surface area contributed by atoms with Gasteiger partial charge in [-0.1, -0.05) is 0 Å². The largest absolute Gasteiger partial charge is 0.354 e. The Bertz CT molecular complexity index is 582. The molecule has 2 aromatic heterocycles. The molecule has 0 radical (unpaired) electrons. The van der Waals surface area contributed by atoms with Gasteiger partial charge in [0.05, 0.1) is 15.9 Å². The van der Waals surface area contributed by atoms with Gasteiger partial charge in [0.25, 0.3) is 5.95 Å². The zero-order chi connectivity index (χ0) is 13.3. The molecular weight excluding hydrogens is 320 g/mol. The molecule has 2 aromatic rings. The van der Waals surface area contributed by atoms with Crippen molar-refractivity contribution < 1.29 is 0 Å². The first-order valence-electron chi connectivity index (χ1n) is 5.40. The van der Waals surface area contributed by atoms with Crippen LogP contribution in [0.25, 0.3) is 5.95 Å². The molecular formula is C10H12BrClN6. The van der Waals surface area contributed by atoms with E-state index >= 15 is 0 Å². The smallest absolute Gasteiger partial charge is 0.256 e. The van der Waals surface area contributed by atoms with Gasteiger partial charge in [-0.2, -0.15) is 20.1 Å². The van der Waals surface area contributed by atoms with Crippen LogP contribution in [0.2, 0.25) is 5.28 Å². The molecule has 18 heavy (non-hydrogen) atoms. The number of rotatable bonds is 3. The summed E-state index contributed by atoms with van der Waals surface area (Å²) >= 11 is 9.34. The van der Waals surface area contributed by atoms with Crippen molar-refractivity contribution in [3.63, 3.8) is 0 Å². The van der Waals surface area contributed by atoms with E-state index < -0.39 is 0 Å². The van der Waals surface area contributed by atoms with E-state index in [1.54, 1.807) is 4.68 Å². The van der Waals surface area contributed by atoms with Crippen LogP contribution in [-0.4, -0.2) is 31.3 Å². The van der Waals surface area contributed by atoms with Crippen LogP contribution in [0.3, 0.4) is 0 Å². The second kappa shape index (κ2) is 5.19. The van der Waals surface area contributed by atoms with Crippen molar-refractivity contribution >= 4 is 33.5 Å². The summed E-state index contributed by atoms with van der Waals surface area (Å²) in [5, 5.41) is 7.49. The minimum absolute atomic E-state index is 0.139. The molecule has 0 bridgehead atoms. The van der Waals surface area contributed by atoms with Crippen molar-refractivity contribution in [3.05, 3.63) is 21.1 Å². The Labute approximate surface area is 118 Å². The fourth-order valence-corrected chi connectivity index (χ4v) is 1.89. The molecule has 0 unspecified atom stereocenters. The Balaban J connectivity index is 2.52. The molecule has 2 rings (SSSR count). The average molecular weight is 332 g/mol. The van der Waals surface area contributed by atoms with Gasteiger partial charge in [0.2, 0.25) is 11.2 Å². The Hall–Kier alpha value is -1.21. The van der Waals surface area contributed by atoms with Crippen LogP contribution in [0.15, 0.2) is 4.47 Å². The first-order valence-corrected chi connectivity index (χ1v) is 6.57. The maximum Gasteiger partial charge on any atom is 0.256 e. The van der Waals surface area contributed by atoms with Crippen molar-refractivity contribution in [1.82, 2.24) is 24.7 Å². The first kappa shape index (κ1) is 13.2. The van der Waals surface area contributed by atoms with Gasteiger partial charge < -0.3 is 5.32 Å². The number of hydrogen-bond donors (Lipinski definition) is 1. The lowest BCUT2D eigenvalue weighted by molar-refractivity contribution is 0.764. The van der Waals surface area contributed by atoms with E-state index in [-0.39, 0.29) is 5.28 Å². The topological polar surface area (TPSA) is 68.5 Å². The van der Waals surface area contributed by atoms with Crippen LogP contribution in [-0.2, 0) is 0 Å². The molecule has 1 N–H and O–H groups in total. The highest BCUT2D eigenvalue weighted by atomic mass is 79.9. The predicted octanol–water partition coefficient (Wildman–Crippen LogP) is 2.52. The van der Waals surface area contributed by atoms with Crippen LogP contribution in [0, 0.1) is 13.8 Å². The molecule has 0 saturated heterocycles. The second-order valence-electron chi connectivity index (χ2n) is 3.65. The van der Waals surface area contributed by atoms with E-state index in [1.165, 1.54) is 0 Å². The zero-order valence-corrected chi connectivity index (χ0v) is 12.5. The molecule has 0 fully saturated rings. The molecule has 6 nitrogen and oxygen atoms in total. The molecule has 8 heteroatoms. The molecule has 0 aromatic carbocycles. The molecule has 0 amide bonds. The minimum Gasteiger partial charge on any atom is -0.354 e. The summed E-state index contributed by atoms with van der Waals surface area (Å²) in [6.07, 6.45) is 0. The van der Waals surface area contributed by atoms with E-state index in [2.05, 4.69) is 41.3 Å². The van der Waals surface area contributed by atoms with E-state index in [0.717, 1.165) is 15.9 Å². The minimum atomic E-state index is 0.139. The summed E-state index contributed by atoms with van der Waals surface area (Å²) in [5.74, 6) is 0.841. The van der Waals surface area contributed by atoms with Crippen molar-refractivity contribution in [2.45, 2.75) is 20.8 Å². The number of nitrogens with zero attached hydrogens (tertiary/aromatic N) is 5. The number of anilines is 1. The summed E-state index contributed by atoms with van der Waals surface area (Å²) < 4.78 is 2.57. The molecule has 96 valence electrons. The molecule has 0 spiro atoms. The van der Waals surface area contributed by atoms with Crippen LogP contribution in [0.4, 0.5) is 5.95 Å². The van der Waals surface area contributed by atoms with Gasteiger partial charge in [0.15, 0.2) is 0 Å². The molecule has 0 atom stereocenters. The average Bonchev–Trinajstić information content (AvgIpc) is 2.57. The maximum atomic E-state index is 5.88. The van der Waals surface area contributed by atoms with Crippen molar-refractivity contribution in [1.29, 1.82) is 0 Å². The van der Waals surface area contributed by atoms with Gasteiger partial charge in [-0.3, -0.25) is 0 Å². The summed E-state index contributed by atoms with van der Waals surface area (Å²) in [4.78, 5) is 12.3. The summed E-state index contributed by atoms with van der Waals surface area (Å²) in [5.41, 5.74) is 1.78. The second-order valence-corrected chi connectivity index (χ2v) is 4.79. The molecule has 0 aliphatic heterocycles. The maximum absolute atomic E-state index is 5.88. The lowest BCUT2D eigenvalue weighted by Gasteiger charge is -2.06.